The van der Waals surface area contributed by atoms with Gasteiger partial charge in [0.15, 0.2) is 11.5 Å². The van der Waals surface area contributed by atoms with Gasteiger partial charge in [0, 0.05) is 31.0 Å². The Labute approximate surface area is 204 Å². The van der Waals surface area contributed by atoms with Crippen LogP contribution in [0, 0.1) is 0 Å². The molecule has 1 aliphatic heterocycles. The maximum atomic E-state index is 6.04. The molecule has 0 aliphatic carbocycles. The van der Waals surface area contributed by atoms with Gasteiger partial charge in [-0.25, -0.2) is 0 Å². The van der Waals surface area contributed by atoms with Gasteiger partial charge >= 0.3 is 6.01 Å². The van der Waals surface area contributed by atoms with Gasteiger partial charge in [0.2, 0.25) is 0 Å². The Hall–Kier alpha value is -4.11. The Morgan fingerprint density at radius 3 is 2.49 bits per heavy atom. The molecular weight excluding hydrogens is 444 g/mol. The molecule has 3 aromatic carbocycles. The summed E-state index contributed by atoms with van der Waals surface area (Å²) in [5.74, 6) is 1.19. The first-order chi connectivity index (χ1) is 17.3. The van der Waals surface area contributed by atoms with Crippen LogP contribution in [0.3, 0.4) is 0 Å². The summed E-state index contributed by atoms with van der Waals surface area (Å²) in [6, 6.07) is 24.2. The van der Waals surface area contributed by atoms with E-state index < -0.39 is 0 Å². The van der Waals surface area contributed by atoms with E-state index in [0.29, 0.717) is 24.7 Å². The van der Waals surface area contributed by atoms with Gasteiger partial charge in [-0.15, -0.1) is 0 Å². The summed E-state index contributed by atoms with van der Waals surface area (Å²) in [5.41, 5.74) is 4.16. The molecule has 1 aliphatic rings. The van der Waals surface area contributed by atoms with Crippen molar-refractivity contribution in [1.29, 1.82) is 0 Å². The molecule has 0 atom stereocenters. The van der Waals surface area contributed by atoms with E-state index in [1.54, 1.807) is 4.68 Å². The van der Waals surface area contributed by atoms with Gasteiger partial charge in [0.25, 0.3) is 0 Å². The number of rotatable bonds is 9. The summed E-state index contributed by atoms with van der Waals surface area (Å²) in [4.78, 5) is 2.34. The molecule has 0 bridgehead atoms. The average molecular weight is 473 g/mol. The molecular formula is C26H28N6O3. The number of nitrogens with zero attached hydrogens (tertiary/aromatic N) is 5. The molecule has 0 spiro atoms. The maximum absolute atomic E-state index is 6.04. The summed E-state index contributed by atoms with van der Waals surface area (Å²) in [5, 5.41) is 15.3. The Kier molecular flexibility index (Phi) is 7.05. The SMILES string of the molecule is CCOc1cc(CNc2ccc(N3CCOCC3)cc2)ccc1Oc1nnnn1-c1ccccc1. The standard InChI is InChI=1S/C26H28N6O3/c1-2-34-25-18-20(19-27-21-9-11-22(12-10-21)31-14-16-33-17-15-31)8-13-24(25)35-26-28-29-30-32(26)23-6-4-3-5-7-23/h3-13,18,27H,2,14-17,19H2,1H3. The lowest BCUT2D eigenvalue weighted by Gasteiger charge is -2.29. The van der Waals surface area contributed by atoms with Crippen molar-refractivity contribution in [2.24, 2.45) is 0 Å². The van der Waals surface area contributed by atoms with E-state index in [2.05, 4.69) is 50.0 Å². The third-order valence-corrected chi connectivity index (χ3v) is 5.69. The second kappa shape index (κ2) is 10.9. The molecule has 5 rings (SSSR count). The predicted molar refractivity (Wildman–Crippen MR) is 134 cm³/mol. The zero-order valence-electron chi connectivity index (χ0n) is 19.6. The number of nitrogens with one attached hydrogen (secondary N) is 1. The highest BCUT2D eigenvalue weighted by Gasteiger charge is 2.15. The van der Waals surface area contributed by atoms with Gasteiger partial charge in [-0.3, -0.25) is 0 Å². The van der Waals surface area contributed by atoms with Crippen LogP contribution in [-0.2, 0) is 11.3 Å². The fraction of sp³-hybridized carbons (Fsp3) is 0.269. The highest BCUT2D eigenvalue weighted by Crippen LogP contribution is 2.32. The molecule has 4 aromatic rings. The molecule has 35 heavy (non-hydrogen) atoms. The molecule has 9 nitrogen and oxygen atoms in total. The number of benzene rings is 3. The molecule has 2 heterocycles. The van der Waals surface area contributed by atoms with Crippen LogP contribution in [-0.4, -0.2) is 53.1 Å². The predicted octanol–water partition coefficient (Wildman–Crippen LogP) is 4.30. The monoisotopic (exact) mass is 472 g/mol. The van der Waals surface area contributed by atoms with Crippen LogP contribution >= 0.6 is 0 Å². The van der Waals surface area contributed by atoms with Crippen molar-refractivity contribution in [3.8, 4) is 23.2 Å². The number of tetrazole rings is 1. The summed E-state index contributed by atoms with van der Waals surface area (Å²) in [7, 11) is 0. The molecule has 180 valence electrons. The first-order valence-electron chi connectivity index (χ1n) is 11.7. The summed E-state index contributed by atoms with van der Waals surface area (Å²) >= 11 is 0. The Balaban J connectivity index is 1.26. The van der Waals surface area contributed by atoms with Crippen molar-refractivity contribution in [3.63, 3.8) is 0 Å². The van der Waals surface area contributed by atoms with E-state index >= 15 is 0 Å². The molecule has 0 unspecified atom stereocenters. The Morgan fingerprint density at radius 1 is 0.914 bits per heavy atom. The minimum atomic E-state index is 0.267. The van der Waals surface area contributed by atoms with E-state index in [1.165, 1.54) is 5.69 Å². The van der Waals surface area contributed by atoms with Crippen LogP contribution in [0.4, 0.5) is 11.4 Å². The molecule has 1 aromatic heterocycles. The number of aromatic nitrogens is 4. The first kappa shape index (κ1) is 22.7. The molecule has 0 amide bonds. The van der Waals surface area contributed by atoms with Crippen LogP contribution in [0.25, 0.3) is 5.69 Å². The minimum Gasteiger partial charge on any atom is -0.490 e. The topological polar surface area (TPSA) is 86.6 Å². The van der Waals surface area contributed by atoms with E-state index in [-0.39, 0.29) is 6.01 Å². The smallest absolute Gasteiger partial charge is 0.346 e. The van der Waals surface area contributed by atoms with Gasteiger partial charge in [-0.1, -0.05) is 29.4 Å². The number of para-hydroxylation sites is 1. The Bertz CT molecular complexity index is 1220. The van der Waals surface area contributed by atoms with Crippen molar-refractivity contribution in [3.05, 3.63) is 78.4 Å². The molecule has 0 saturated carbocycles. The normalized spacial score (nSPS) is 13.5. The van der Waals surface area contributed by atoms with Crippen LogP contribution in [0.5, 0.6) is 17.5 Å². The van der Waals surface area contributed by atoms with E-state index in [4.69, 9.17) is 14.2 Å². The summed E-state index contributed by atoms with van der Waals surface area (Å²) in [6.45, 7) is 6.53. The molecule has 9 heteroatoms. The van der Waals surface area contributed by atoms with E-state index in [1.807, 2.05) is 55.5 Å². The van der Waals surface area contributed by atoms with Crippen molar-refractivity contribution < 1.29 is 14.2 Å². The largest absolute Gasteiger partial charge is 0.490 e. The zero-order valence-corrected chi connectivity index (χ0v) is 19.6. The second-order valence-corrected chi connectivity index (χ2v) is 8.02. The van der Waals surface area contributed by atoms with Gasteiger partial charge in [-0.2, -0.15) is 4.68 Å². The van der Waals surface area contributed by atoms with Crippen LogP contribution < -0.4 is 19.7 Å². The third kappa shape index (κ3) is 5.52. The number of anilines is 2. The Morgan fingerprint density at radius 2 is 1.71 bits per heavy atom. The number of hydrogen-bond donors (Lipinski definition) is 1. The number of ether oxygens (including phenoxy) is 3. The molecule has 1 fully saturated rings. The zero-order chi connectivity index (χ0) is 23.9. The van der Waals surface area contributed by atoms with Crippen LogP contribution in [0.2, 0.25) is 0 Å². The van der Waals surface area contributed by atoms with Gasteiger partial charge in [0.1, 0.15) is 0 Å². The lowest BCUT2D eigenvalue weighted by molar-refractivity contribution is 0.122. The van der Waals surface area contributed by atoms with Gasteiger partial charge in [0.05, 0.1) is 25.5 Å². The maximum Gasteiger partial charge on any atom is 0.346 e. The number of morpholine rings is 1. The quantitative estimate of drug-likeness (QED) is 0.386. The minimum absolute atomic E-state index is 0.267. The van der Waals surface area contributed by atoms with Gasteiger partial charge in [-0.05, 0) is 71.4 Å². The van der Waals surface area contributed by atoms with Crippen LogP contribution in [0.15, 0.2) is 72.8 Å². The second-order valence-electron chi connectivity index (χ2n) is 8.02. The molecule has 0 radical (unpaired) electrons. The van der Waals surface area contributed by atoms with Crippen molar-refractivity contribution >= 4 is 11.4 Å². The fourth-order valence-corrected chi connectivity index (χ4v) is 3.90. The third-order valence-electron chi connectivity index (χ3n) is 5.69. The molecule has 1 saturated heterocycles. The molecule has 1 N–H and O–H groups in total. The van der Waals surface area contributed by atoms with E-state index in [0.717, 1.165) is 43.2 Å². The first-order valence-corrected chi connectivity index (χ1v) is 11.7. The highest BCUT2D eigenvalue weighted by molar-refractivity contribution is 5.56. The summed E-state index contributed by atoms with van der Waals surface area (Å²) < 4.78 is 18.9. The van der Waals surface area contributed by atoms with E-state index in [9.17, 15) is 0 Å². The van der Waals surface area contributed by atoms with Crippen molar-refractivity contribution in [2.45, 2.75) is 13.5 Å². The fourth-order valence-electron chi connectivity index (χ4n) is 3.90. The number of hydrogen-bond acceptors (Lipinski definition) is 8. The summed E-state index contributed by atoms with van der Waals surface area (Å²) in [6.07, 6.45) is 0. The highest BCUT2D eigenvalue weighted by atomic mass is 16.5. The average Bonchev–Trinajstić information content (AvgIpc) is 3.38. The van der Waals surface area contributed by atoms with Crippen molar-refractivity contribution in [2.75, 3.05) is 43.1 Å². The van der Waals surface area contributed by atoms with Gasteiger partial charge < -0.3 is 24.4 Å². The lowest BCUT2D eigenvalue weighted by Crippen LogP contribution is -2.36. The van der Waals surface area contributed by atoms with Crippen molar-refractivity contribution in [1.82, 2.24) is 20.2 Å². The van der Waals surface area contributed by atoms with Crippen LogP contribution in [0.1, 0.15) is 12.5 Å². The lowest BCUT2D eigenvalue weighted by atomic mass is 10.2.